The second-order valence-corrected chi connectivity index (χ2v) is 6.55. The first-order valence-corrected chi connectivity index (χ1v) is 7.96. The number of nitrogens with zero attached hydrogens (tertiary/aromatic N) is 1. The molecule has 0 spiro atoms. The van der Waals surface area contributed by atoms with Gasteiger partial charge >= 0.3 is 0 Å². The van der Waals surface area contributed by atoms with E-state index in [1.807, 2.05) is 0 Å². The van der Waals surface area contributed by atoms with Crippen molar-refractivity contribution in [3.05, 3.63) is 0 Å². The highest BCUT2D eigenvalue weighted by Gasteiger charge is 2.17. The second-order valence-electron chi connectivity index (χ2n) is 5.00. The fourth-order valence-corrected chi connectivity index (χ4v) is 3.52. The SMILES string of the molecule is C[C@H]1CN(CCCO[C@@H]2CCCCO2)CCS1. The van der Waals surface area contributed by atoms with Gasteiger partial charge in [0.1, 0.15) is 0 Å². The molecule has 100 valence electrons. The molecule has 17 heavy (non-hydrogen) atoms. The highest BCUT2D eigenvalue weighted by molar-refractivity contribution is 7.99. The predicted molar refractivity (Wildman–Crippen MR) is 72.5 cm³/mol. The Morgan fingerprint density at radius 1 is 1.41 bits per heavy atom. The van der Waals surface area contributed by atoms with E-state index in [4.69, 9.17) is 9.47 Å². The van der Waals surface area contributed by atoms with Gasteiger partial charge in [0, 0.05) is 37.2 Å². The van der Waals surface area contributed by atoms with E-state index in [0.717, 1.165) is 31.3 Å². The van der Waals surface area contributed by atoms with Crippen LogP contribution in [0.1, 0.15) is 32.6 Å². The lowest BCUT2D eigenvalue weighted by molar-refractivity contribution is -0.163. The van der Waals surface area contributed by atoms with Crippen LogP contribution in [0.5, 0.6) is 0 Å². The van der Waals surface area contributed by atoms with Crippen molar-refractivity contribution in [1.82, 2.24) is 4.90 Å². The van der Waals surface area contributed by atoms with Gasteiger partial charge in [-0.1, -0.05) is 6.92 Å². The minimum absolute atomic E-state index is 0.0829. The number of hydrogen-bond donors (Lipinski definition) is 0. The van der Waals surface area contributed by atoms with Gasteiger partial charge in [-0.15, -0.1) is 0 Å². The lowest BCUT2D eigenvalue weighted by atomic mass is 10.2. The summed E-state index contributed by atoms with van der Waals surface area (Å²) in [6.45, 7) is 7.72. The van der Waals surface area contributed by atoms with E-state index in [9.17, 15) is 0 Å². The van der Waals surface area contributed by atoms with Crippen LogP contribution in [-0.4, -0.2) is 55.0 Å². The molecule has 0 aromatic carbocycles. The maximum Gasteiger partial charge on any atom is 0.157 e. The fourth-order valence-electron chi connectivity index (χ4n) is 2.44. The minimum atomic E-state index is 0.0829. The average molecular weight is 259 g/mol. The van der Waals surface area contributed by atoms with Crippen molar-refractivity contribution in [3.8, 4) is 0 Å². The van der Waals surface area contributed by atoms with E-state index >= 15 is 0 Å². The first-order chi connectivity index (χ1) is 8.34. The molecule has 0 saturated carbocycles. The summed E-state index contributed by atoms with van der Waals surface area (Å²) >= 11 is 2.09. The molecular formula is C13H25NO2S. The van der Waals surface area contributed by atoms with Gasteiger partial charge in [-0.2, -0.15) is 11.8 Å². The first-order valence-electron chi connectivity index (χ1n) is 6.92. The van der Waals surface area contributed by atoms with E-state index in [0.29, 0.717) is 0 Å². The maximum atomic E-state index is 5.75. The molecule has 2 aliphatic heterocycles. The lowest BCUT2D eigenvalue weighted by Crippen LogP contribution is -2.37. The van der Waals surface area contributed by atoms with Gasteiger partial charge in [0.2, 0.25) is 0 Å². The maximum absolute atomic E-state index is 5.75. The largest absolute Gasteiger partial charge is 0.353 e. The zero-order valence-corrected chi connectivity index (χ0v) is 11.7. The molecule has 4 heteroatoms. The Kier molecular flexibility index (Phi) is 6.12. The molecule has 3 nitrogen and oxygen atoms in total. The second kappa shape index (κ2) is 7.62. The lowest BCUT2D eigenvalue weighted by Gasteiger charge is -2.30. The molecule has 2 atom stereocenters. The van der Waals surface area contributed by atoms with Crippen LogP contribution in [0.3, 0.4) is 0 Å². The van der Waals surface area contributed by atoms with Crippen LogP contribution in [-0.2, 0) is 9.47 Å². The first kappa shape index (κ1) is 13.7. The van der Waals surface area contributed by atoms with Gasteiger partial charge in [0.15, 0.2) is 6.29 Å². The molecule has 0 unspecified atom stereocenters. The third-order valence-corrected chi connectivity index (χ3v) is 4.52. The molecule has 0 aliphatic carbocycles. The molecule has 0 N–H and O–H groups in total. The number of thioether (sulfide) groups is 1. The Balaban J connectivity index is 1.50. The van der Waals surface area contributed by atoms with Gasteiger partial charge in [-0.05, 0) is 25.7 Å². The zero-order chi connectivity index (χ0) is 11.9. The van der Waals surface area contributed by atoms with Gasteiger partial charge in [-0.3, -0.25) is 0 Å². The quantitative estimate of drug-likeness (QED) is 0.707. The van der Waals surface area contributed by atoms with Crippen molar-refractivity contribution in [2.24, 2.45) is 0 Å². The molecule has 0 bridgehead atoms. The topological polar surface area (TPSA) is 21.7 Å². The molecule has 0 aromatic heterocycles. The van der Waals surface area contributed by atoms with Crippen molar-refractivity contribution in [2.75, 3.05) is 38.6 Å². The summed E-state index contributed by atoms with van der Waals surface area (Å²) in [5, 5.41) is 0.798. The summed E-state index contributed by atoms with van der Waals surface area (Å²) < 4.78 is 11.3. The smallest absolute Gasteiger partial charge is 0.157 e. The zero-order valence-electron chi connectivity index (χ0n) is 10.9. The Hall–Kier alpha value is 0.230. The van der Waals surface area contributed by atoms with Crippen LogP contribution in [0.4, 0.5) is 0 Å². The molecule has 2 aliphatic rings. The molecule has 2 heterocycles. The summed E-state index contributed by atoms with van der Waals surface area (Å²) in [7, 11) is 0. The normalized spacial score (nSPS) is 31.6. The van der Waals surface area contributed by atoms with E-state index < -0.39 is 0 Å². The van der Waals surface area contributed by atoms with Crippen LogP contribution in [0.2, 0.25) is 0 Å². The van der Waals surface area contributed by atoms with Gasteiger partial charge in [0.25, 0.3) is 0 Å². The van der Waals surface area contributed by atoms with Gasteiger partial charge in [-0.25, -0.2) is 0 Å². The third kappa shape index (κ3) is 5.16. The summed E-state index contributed by atoms with van der Waals surface area (Å²) in [6.07, 6.45) is 4.75. The molecule has 2 saturated heterocycles. The Bertz CT molecular complexity index is 210. The molecule has 0 amide bonds. The standard InChI is InChI=1S/C13H25NO2S/c1-12-11-14(7-10-17-12)6-4-9-16-13-5-2-3-8-15-13/h12-13H,2-11H2,1H3/t12-,13+/m0/s1. The number of ether oxygens (including phenoxy) is 2. The van der Waals surface area contributed by atoms with Crippen molar-refractivity contribution in [1.29, 1.82) is 0 Å². The van der Waals surface area contributed by atoms with Crippen molar-refractivity contribution >= 4 is 11.8 Å². The predicted octanol–water partition coefficient (Wildman–Crippen LogP) is 2.36. The summed E-state index contributed by atoms with van der Waals surface area (Å²) in [6, 6.07) is 0. The van der Waals surface area contributed by atoms with Crippen LogP contribution >= 0.6 is 11.8 Å². The summed E-state index contributed by atoms with van der Waals surface area (Å²) in [5.74, 6) is 1.29. The highest BCUT2D eigenvalue weighted by Crippen LogP contribution is 2.18. The van der Waals surface area contributed by atoms with E-state index in [2.05, 4.69) is 23.6 Å². The molecule has 2 fully saturated rings. The van der Waals surface area contributed by atoms with Gasteiger partial charge < -0.3 is 14.4 Å². The molecule has 2 rings (SSSR count). The highest BCUT2D eigenvalue weighted by atomic mass is 32.2. The van der Waals surface area contributed by atoms with Crippen LogP contribution in [0.25, 0.3) is 0 Å². The minimum Gasteiger partial charge on any atom is -0.353 e. The van der Waals surface area contributed by atoms with E-state index in [1.54, 1.807) is 0 Å². The summed E-state index contributed by atoms with van der Waals surface area (Å²) in [4.78, 5) is 2.56. The summed E-state index contributed by atoms with van der Waals surface area (Å²) in [5.41, 5.74) is 0. The van der Waals surface area contributed by atoms with Crippen molar-refractivity contribution in [2.45, 2.75) is 44.1 Å². The van der Waals surface area contributed by atoms with Crippen LogP contribution < -0.4 is 0 Å². The molecular weight excluding hydrogens is 234 g/mol. The van der Waals surface area contributed by atoms with E-state index in [-0.39, 0.29) is 6.29 Å². The Morgan fingerprint density at radius 3 is 3.12 bits per heavy atom. The number of hydrogen-bond acceptors (Lipinski definition) is 4. The molecule has 0 radical (unpaired) electrons. The fraction of sp³-hybridized carbons (Fsp3) is 1.00. The monoisotopic (exact) mass is 259 g/mol. The Labute approximate surface area is 109 Å². The average Bonchev–Trinajstić information content (AvgIpc) is 2.36. The Morgan fingerprint density at radius 2 is 2.35 bits per heavy atom. The van der Waals surface area contributed by atoms with Gasteiger partial charge in [0.05, 0.1) is 6.61 Å². The van der Waals surface area contributed by atoms with Crippen molar-refractivity contribution in [3.63, 3.8) is 0 Å². The molecule has 0 aromatic rings. The number of rotatable bonds is 5. The van der Waals surface area contributed by atoms with E-state index in [1.165, 1.54) is 38.2 Å². The van der Waals surface area contributed by atoms with Crippen LogP contribution in [0.15, 0.2) is 0 Å². The van der Waals surface area contributed by atoms with Crippen LogP contribution in [0, 0.1) is 0 Å². The van der Waals surface area contributed by atoms with Crippen molar-refractivity contribution < 1.29 is 9.47 Å². The third-order valence-electron chi connectivity index (χ3n) is 3.39.